The van der Waals surface area contributed by atoms with E-state index in [9.17, 15) is 14.3 Å². The second-order valence-electron chi connectivity index (χ2n) is 3.29. The van der Waals surface area contributed by atoms with Gasteiger partial charge in [-0.2, -0.15) is 0 Å². The summed E-state index contributed by atoms with van der Waals surface area (Å²) in [7, 11) is 0. The Hall–Kier alpha value is -1.10. The lowest BCUT2D eigenvalue weighted by atomic mass is 9.95. The number of aliphatic carboxylic acids is 1. The number of phenolic OH excluding ortho intramolecular Hbond substituents is 1. The van der Waals surface area contributed by atoms with E-state index >= 15 is 0 Å². The van der Waals surface area contributed by atoms with E-state index in [1.165, 1.54) is 13.8 Å². The van der Waals surface area contributed by atoms with Crippen molar-refractivity contribution in [1.29, 1.82) is 0 Å². The quantitative estimate of drug-likeness (QED) is 0.873. The van der Waals surface area contributed by atoms with Gasteiger partial charge in [-0.25, -0.2) is 4.39 Å². The van der Waals surface area contributed by atoms with E-state index in [0.29, 0.717) is 0 Å². The summed E-state index contributed by atoms with van der Waals surface area (Å²) >= 11 is 2.97. The minimum atomic E-state index is -1.11. The average molecular weight is 277 g/mol. The van der Waals surface area contributed by atoms with E-state index in [-0.39, 0.29) is 21.3 Å². The second kappa shape index (κ2) is 4.18. The van der Waals surface area contributed by atoms with Crippen LogP contribution in [0, 0.1) is 12.7 Å². The summed E-state index contributed by atoms with van der Waals surface area (Å²) in [6, 6.07) is 1.11. The van der Waals surface area contributed by atoms with Crippen LogP contribution in [0.15, 0.2) is 10.5 Å². The Labute approximate surface area is 94.7 Å². The molecule has 5 heteroatoms. The number of hydrogen-bond donors (Lipinski definition) is 2. The normalized spacial score (nSPS) is 12.5. The highest BCUT2D eigenvalue weighted by molar-refractivity contribution is 9.10. The maximum absolute atomic E-state index is 13.3. The van der Waals surface area contributed by atoms with Crippen molar-refractivity contribution in [2.45, 2.75) is 19.8 Å². The number of rotatable bonds is 2. The Morgan fingerprint density at radius 1 is 1.60 bits per heavy atom. The van der Waals surface area contributed by atoms with Crippen molar-refractivity contribution in [2.24, 2.45) is 0 Å². The van der Waals surface area contributed by atoms with Gasteiger partial charge in [0, 0.05) is 5.56 Å². The zero-order chi connectivity index (χ0) is 11.7. The van der Waals surface area contributed by atoms with Crippen molar-refractivity contribution >= 4 is 21.9 Å². The van der Waals surface area contributed by atoms with Crippen LogP contribution in [0.3, 0.4) is 0 Å². The molecule has 0 saturated carbocycles. The van der Waals surface area contributed by atoms with Gasteiger partial charge < -0.3 is 10.2 Å². The maximum atomic E-state index is 13.3. The number of benzene rings is 1. The summed E-state index contributed by atoms with van der Waals surface area (Å²) in [5, 5.41) is 18.5. The first-order valence-corrected chi connectivity index (χ1v) is 5.05. The Bertz CT molecular complexity index is 391. The van der Waals surface area contributed by atoms with Crippen molar-refractivity contribution < 1.29 is 19.4 Å². The van der Waals surface area contributed by atoms with Gasteiger partial charge in [-0.15, -0.1) is 0 Å². The molecule has 0 radical (unpaired) electrons. The SMILES string of the molecule is Cc1c(F)cc(Br)c(O)c1C(C)C(=O)O. The number of halogens is 2. The maximum Gasteiger partial charge on any atom is 0.310 e. The molecule has 15 heavy (non-hydrogen) atoms. The van der Waals surface area contributed by atoms with Gasteiger partial charge in [0.2, 0.25) is 0 Å². The van der Waals surface area contributed by atoms with E-state index in [1.807, 2.05) is 0 Å². The van der Waals surface area contributed by atoms with Crippen LogP contribution in [0.4, 0.5) is 4.39 Å². The monoisotopic (exact) mass is 276 g/mol. The summed E-state index contributed by atoms with van der Waals surface area (Å²) in [6.45, 7) is 2.84. The molecule has 0 aliphatic rings. The van der Waals surface area contributed by atoms with Crippen LogP contribution in [-0.2, 0) is 4.79 Å². The van der Waals surface area contributed by atoms with Gasteiger partial charge in [0.1, 0.15) is 11.6 Å². The number of aromatic hydroxyl groups is 1. The van der Waals surface area contributed by atoms with E-state index < -0.39 is 17.7 Å². The zero-order valence-corrected chi connectivity index (χ0v) is 9.80. The summed E-state index contributed by atoms with van der Waals surface area (Å²) in [5.74, 6) is -2.81. The third kappa shape index (κ3) is 2.12. The summed E-state index contributed by atoms with van der Waals surface area (Å²) in [6.07, 6.45) is 0. The predicted octanol–water partition coefficient (Wildman–Crippen LogP) is 2.79. The number of phenols is 1. The number of carbonyl (C=O) groups is 1. The van der Waals surface area contributed by atoms with Crippen molar-refractivity contribution in [3.63, 3.8) is 0 Å². The van der Waals surface area contributed by atoms with Crippen molar-refractivity contribution in [3.8, 4) is 5.75 Å². The Morgan fingerprint density at radius 3 is 2.60 bits per heavy atom. The first-order chi connectivity index (χ1) is 6.86. The zero-order valence-electron chi connectivity index (χ0n) is 8.21. The van der Waals surface area contributed by atoms with E-state index in [0.717, 1.165) is 6.07 Å². The fourth-order valence-corrected chi connectivity index (χ4v) is 1.79. The molecule has 1 rings (SSSR count). The van der Waals surface area contributed by atoms with Crippen LogP contribution in [-0.4, -0.2) is 16.2 Å². The molecule has 1 aromatic carbocycles. The number of hydrogen-bond acceptors (Lipinski definition) is 2. The average Bonchev–Trinajstić information content (AvgIpc) is 2.15. The second-order valence-corrected chi connectivity index (χ2v) is 4.14. The van der Waals surface area contributed by atoms with E-state index in [2.05, 4.69) is 15.9 Å². The third-order valence-corrected chi connectivity index (χ3v) is 2.90. The highest BCUT2D eigenvalue weighted by Gasteiger charge is 2.23. The van der Waals surface area contributed by atoms with Gasteiger partial charge in [-0.3, -0.25) is 4.79 Å². The lowest BCUT2D eigenvalue weighted by molar-refractivity contribution is -0.138. The van der Waals surface area contributed by atoms with Gasteiger partial charge in [0.15, 0.2) is 0 Å². The first-order valence-electron chi connectivity index (χ1n) is 4.26. The largest absolute Gasteiger partial charge is 0.506 e. The highest BCUT2D eigenvalue weighted by Crippen LogP contribution is 2.36. The van der Waals surface area contributed by atoms with Crippen LogP contribution >= 0.6 is 15.9 Å². The molecule has 1 atom stereocenters. The third-order valence-electron chi connectivity index (χ3n) is 2.30. The Kier molecular flexibility index (Phi) is 3.34. The van der Waals surface area contributed by atoms with Gasteiger partial charge in [-0.1, -0.05) is 0 Å². The molecule has 0 fully saturated rings. The fourth-order valence-electron chi connectivity index (χ4n) is 1.38. The molecule has 0 saturated heterocycles. The molecule has 0 heterocycles. The lowest BCUT2D eigenvalue weighted by Crippen LogP contribution is -2.10. The smallest absolute Gasteiger partial charge is 0.310 e. The molecule has 0 spiro atoms. The van der Waals surface area contributed by atoms with Gasteiger partial charge in [-0.05, 0) is 41.4 Å². The Morgan fingerprint density at radius 2 is 2.13 bits per heavy atom. The van der Waals surface area contributed by atoms with Gasteiger partial charge >= 0.3 is 5.97 Å². The molecule has 0 bridgehead atoms. The summed E-state index contributed by atoms with van der Waals surface area (Å²) < 4.78 is 13.5. The van der Waals surface area contributed by atoms with Crippen molar-refractivity contribution in [3.05, 3.63) is 27.5 Å². The van der Waals surface area contributed by atoms with Crippen LogP contribution < -0.4 is 0 Å². The molecule has 2 N–H and O–H groups in total. The summed E-state index contributed by atoms with van der Waals surface area (Å²) in [5.41, 5.74) is 0.264. The van der Waals surface area contributed by atoms with Crippen LogP contribution in [0.2, 0.25) is 0 Å². The molecule has 0 aromatic heterocycles. The molecular weight excluding hydrogens is 267 g/mol. The molecular formula is C10H10BrFO3. The van der Waals surface area contributed by atoms with E-state index in [1.54, 1.807) is 0 Å². The van der Waals surface area contributed by atoms with Gasteiger partial charge in [0.05, 0.1) is 10.4 Å². The Balaban J connectivity index is 3.45. The van der Waals surface area contributed by atoms with Crippen LogP contribution in [0.25, 0.3) is 0 Å². The topological polar surface area (TPSA) is 57.5 Å². The molecule has 0 aliphatic heterocycles. The van der Waals surface area contributed by atoms with Gasteiger partial charge in [0.25, 0.3) is 0 Å². The first kappa shape index (κ1) is 12.0. The molecule has 82 valence electrons. The molecule has 1 aromatic rings. The van der Waals surface area contributed by atoms with Crippen LogP contribution in [0.5, 0.6) is 5.75 Å². The summed E-state index contributed by atoms with van der Waals surface area (Å²) in [4.78, 5) is 10.8. The minimum Gasteiger partial charge on any atom is -0.506 e. The van der Waals surface area contributed by atoms with Crippen molar-refractivity contribution in [2.75, 3.05) is 0 Å². The molecule has 1 unspecified atom stereocenters. The lowest BCUT2D eigenvalue weighted by Gasteiger charge is -2.14. The minimum absolute atomic E-state index is 0.106. The fraction of sp³-hybridized carbons (Fsp3) is 0.300. The predicted molar refractivity (Wildman–Crippen MR) is 56.6 cm³/mol. The van der Waals surface area contributed by atoms with Crippen LogP contribution in [0.1, 0.15) is 24.0 Å². The van der Waals surface area contributed by atoms with E-state index in [4.69, 9.17) is 5.11 Å². The number of carboxylic acids is 1. The molecule has 3 nitrogen and oxygen atoms in total. The molecule has 0 aliphatic carbocycles. The number of carboxylic acid groups (broad SMARTS) is 1. The standard InChI is InChI=1S/C10H10BrFO3/c1-4-7(12)3-6(11)9(13)8(4)5(2)10(14)15/h3,5,13H,1-2H3,(H,14,15). The molecule has 0 amide bonds. The highest BCUT2D eigenvalue weighted by atomic mass is 79.9. The van der Waals surface area contributed by atoms with Crippen molar-refractivity contribution in [1.82, 2.24) is 0 Å².